The molecule has 0 aromatic carbocycles. The van der Waals surface area contributed by atoms with Gasteiger partial charge in [0.15, 0.2) is 0 Å². The van der Waals surface area contributed by atoms with Gasteiger partial charge in [-0.05, 0) is 6.92 Å². The minimum atomic E-state index is -1.15. The molecule has 0 aromatic heterocycles. The molecule has 1 saturated heterocycles. The molecule has 1 fully saturated rings. The third kappa shape index (κ3) is 1.54. The molecule has 0 unspecified atom stereocenters. The minimum absolute atomic E-state index is 0.0496. The Hall–Kier alpha value is -1.76. The first-order valence-corrected chi connectivity index (χ1v) is 5.65. The van der Waals surface area contributed by atoms with Gasteiger partial charge in [0.25, 0.3) is 5.91 Å². The van der Waals surface area contributed by atoms with Crippen LogP contribution < -0.4 is 0 Å². The van der Waals surface area contributed by atoms with Gasteiger partial charge in [0, 0.05) is 11.0 Å². The van der Waals surface area contributed by atoms with Gasteiger partial charge in [0.1, 0.15) is 11.1 Å². The van der Waals surface area contributed by atoms with Crippen LogP contribution in [0.25, 0.3) is 0 Å². The minimum Gasteiger partial charge on any atom is -0.477 e. The fourth-order valence-electron chi connectivity index (χ4n) is 1.72. The van der Waals surface area contributed by atoms with Gasteiger partial charge in [-0.15, -0.1) is 11.8 Å². The highest BCUT2D eigenvalue weighted by molar-refractivity contribution is 8.03. The quantitative estimate of drug-likeness (QED) is 0.434. The van der Waals surface area contributed by atoms with E-state index >= 15 is 0 Å². The first kappa shape index (κ1) is 11.7. The summed E-state index contributed by atoms with van der Waals surface area (Å²) >= 11 is 1.19. The zero-order chi connectivity index (χ0) is 12.7. The lowest BCUT2D eigenvalue weighted by Gasteiger charge is -2.37. The number of hydrogen-bond donors (Lipinski definition) is 1. The van der Waals surface area contributed by atoms with Gasteiger partial charge >= 0.3 is 11.9 Å². The van der Waals surface area contributed by atoms with Gasteiger partial charge in [-0.1, -0.05) is 0 Å². The smallest absolute Gasteiger partial charge is 0.353 e. The van der Waals surface area contributed by atoms with E-state index < -0.39 is 23.2 Å². The van der Waals surface area contributed by atoms with Crippen molar-refractivity contribution in [3.05, 3.63) is 22.3 Å². The van der Waals surface area contributed by atoms with Gasteiger partial charge in [0.05, 0.1) is 12.7 Å². The molecule has 6 nitrogen and oxygen atoms in total. The fourth-order valence-corrected chi connectivity index (χ4v) is 2.93. The van der Waals surface area contributed by atoms with Crippen LogP contribution >= 0.6 is 11.8 Å². The van der Waals surface area contributed by atoms with Crippen molar-refractivity contribution in [2.75, 3.05) is 7.11 Å². The van der Waals surface area contributed by atoms with Crippen LogP contribution in [0.15, 0.2) is 22.3 Å². The normalized spacial score (nSPS) is 24.8. The summed E-state index contributed by atoms with van der Waals surface area (Å²) < 4.78 is 4.53. The predicted molar refractivity (Wildman–Crippen MR) is 58.7 cm³/mol. The van der Waals surface area contributed by atoms with Crippen LogP contribution in [-0.4, -0.2) is 40.3 Å². The fraction of sp³-hybridized carbons (Fsp3) is 0.300. The second-order valence-corrected chi connectivity index (χ2v) is 4.46. The number of hydrogen-bond acceptors (Lipinski definition) is 5. The average molecular weight is 255 g/mol. The molecule has 17 heavy (non-hydrogen) atoms. The molecule has 2 rings (SSSR count). The molecule has 1 amide bonds. The lowest BCUT2D eigenvalue weighted by atomic mass is 9.99. The van der Waals surface area contributed by atoms with E-state index in [0.29, 0.717) is 5.57 Å². The lowest BCUT2D eigenvalue weighted by molar-refractivity contribution is -0.141. The standard InChI is InChI=1S/C10H9NO5S/c1-4(10(15)16-2)6-7(12)11-5(9(13)14)3-17-8(6)11/h3,8H,1-2H3,(H,13,14)/b6-4-/t8-/m1/s1. The lowest BCUT2D eigenvalue weighted by Crippen LogP contribution is -2.52. The van der Waals surface area contributed by atoms with Crippen LogP contribution in [0.4, 0.5) is 0 Å². The van der Waals surface area contributed by atoms with E-state index in [1.54, 1.807) is 0 Å². The molecular weight excluding hydrogens is 246 g/mol. The van der Waals surface area contributed by atoms with E-state index in [1.165, 1.54) is 31.2 Å². The van der Waals surface area contributed by atoms with Gasteiger partial charge in [-0.2, -0.15) is 0 Å². The van der Waals surface area contributed by atoms with Gasteiger partial charge in [-0.3, -0.25) is 9.69 Å². The summed E-state index contributed by atoms with van der Waals surface area (Å²) in [5, 5.41) is 9.85. The summed E-state index contributed by atoms with van der Waals surface area (Å²) in [5.74, 6) is -2.17. The van der Waals surface area contributed by atoms with Crippen molar-refractivity contribution in [1.29, 1.82) is 0 Å². The zero-order valence-electron chi connectivity index (χ0n) is 9.09. The van der Waals surface area contributed by atoms with Crippen molar-refractivity contribution in [2.45, 2.75) is 12.3 Å². The summed E-state index contributed by atoms with van der Waals surface area (Å²) in [6.45, 7) is 1.50. The number of esters is 1. The highest BCUT2D eigenvalue weighted by atomic mass is 32.2. The topological polar surface area (TPSA) is 83.9 Å². The summed E-state index contributed by atoms with van der Waals surface area (Å²) in [7, 11) is 1.23. The number of aliphatic carboxylic acids is 1. The molecule has 0 radical (unpaired) electrons. The summed E-state index contributed by atoms with van der Waals surface area (Å²) in [5.41, 5.74) is 0.493. The number of thioether (sulfide) groups is 1. The van der Waals surface area contributed by atoms with Gasteiger partial charge in [0.2, 0.25) is 0 Å². The van der Waals surface area contributed by atoms with Gasteiger partial charge < -0.3 is 9.84 Å². The second kappa shape index (κ2) is 3.92. The molecule has 1 N–H and O–H groups in total. The monoisotopic (exact) mass is 255 g/mol. The summed E-state index contributed by atoms with van der Waals surface area (Å²) in [6.07, 6.45) is 0. The van der Waals surface area contributed by atoms with Crippen molar-refractivity contribution in [2.24, 2.45) is 0 Å². The van der Waals surface area contributed by atoms with Crippen LogP contribution in [0, 0.1) is 0 Å². The highest BCUT2D eigenvalue weighted by Crippen LogP contribution is 2.45. The molecule has 0 aliphatic carbocycles. The molecule has 90 valence electrons. The molecule has 0 spiro atoms. The number of carbonyl (C=O) groups excluding carboxylic acids is 2. The van der Waals surface area contributed by atoms with E-state index in [2.05, 4.69) is 4.74 Å². The number of ether oxygens (including phenoxy) is 1. The van der Waals surface area contributed by atoms with Crippen LogP contribution in [-0.2, 0) is 19.1 Å². The van der Waals surface area contributed by atoms with E-state index in [0.717, 1.165) is 4.90 Å². The number of nitrogens with zero attached hydrogens (tertiary/aromatic N) is 1. The number of amides is 1. The number of β-lactam (4-membered cyclic amide) rings is 1. The first-order chi connectivity index (χ1) is 7.99. The van der Waals surface area contributed by atoms with E-state index in [-0.39, 0.29) is 11.3 Å². The maximum atomic E-state index is 11.8. The van der Waals surface area contributed by atoms with Crippen LogP contribution in [0.5, 0.6) is 0 Å². The highest BCUT2D eigenvalue weighted by Gasteiger charge is 2.51. The molecule has 2 heterocycles. The Labute approximate surface area is 101 Å². The predicted octanol–water partition coefficient (Wildman–Crippen LogP) is 0.317. The summed E-state index contributed by atoms with van der Waals surface area (Å²) in [4.78, 5) is 35.0. The van der Waals surface area contributed by atoms with E-state index in [1.807, 2.05) is 0 Å². The largest absolute Gasteiger partial charge is 0.477 e. The van der Waals surface area contributed by atoms with Crippen molar-refractivity contribution < 1.29 is 24.2 Å². The van der Waals surface area contributed by atoms with Crippen LogP contribution in [0.1, 0.15) is 6.92 Å². The SMILES string of the molecule is COC(=O)/C(C)=C1/C(=O)N2C(C(=O)O)=CS[C@H]12. The van der Waals surface area contributed by atoms with E-state index in [9.17, 15) is 14.4 Å². The number of methoxy groups -OCH3 is 1. The Morgan fingerprint density at radius 2 is 2.18 bits per heavy atom. The first-order valence-electron chi connectivity index (χ1n) is 4.70. The molecule has 0 aromatic rings. The Kier molecular flexibility index (Phi) is 2.70. The Bertz CT molecular complexity index is 493. The molecule has 0 bridgehead atoms. The molecule has 2 aliphatic heterocycles. The number of carboxylic acids is 1. The number of rotatable bonds is 2. The molecule has 0 saturated carbocycles. The Balaban J connectivity index is 2.29. The van der Waals surface area contributed by atoms with Gasteiger partial charge in [-0.25, -0.2) is 9.59 Å². The van der Waals surface area contributed by atoms with Crippen LogP contribution in [0.3, 0.4) is 0 Å². The van der Waals surface area contributed by atoms with Crippen molar-refractivity contribution in [3.8, 4) is 0 Å². The number of fused-ring (bicyclic) bond motifs is 1. The third-order valence-electron chi connectivity index (χ3n) is 2.61. The van der Waals surface area contributed by atoms with Crippen molar-refractivity contribution in [1.82, 2.24) is 4.90 Å². The maximum absolute atomic E-state index is 11.8. The third-order valence-corrected chi connectivity index (χ3v) is 3.68. The number of carbonyl (C=O) groups is 3. The van der Waals surface area contributed by atoms with Crippen LogP contribution in [0.2, 0.25) is 0 Å². The Morgan fingerprint density at radius 1 is 1.53 bits per heavy atom. The van der Waals surface area contributed by atoms with Crippen molar-refractivity contribution >= 4 is 29.6 Å². The second-order valence-electron chi connectivity index (χ2n) is 3.50. The molecule has 1 atom stereocenters. The van der Waals surface area contributed by atoms with E-state index in [4.69, 9.17) is 5.11 Å². The van der Waals surface area contributed by atoms with Crippen molar-refractivity contribution in [3.63, 3.8) is 0 Å². The number of carboxylic acid groups (broad SMARTS) is 1. The zero-order valence-corrected chi connectivity index (χ0v) is 9.91. The summed E-state index contributed by atoms with van der Waals surface area (Å²) in [6, 6.07) is 0. The molecular formula is C10H9NO5S. The molecule has 2 aliphatic rings. The average Bonchev–Trinajstić information content (AvgIpc) is 2.67. The molecule has 7 heteroatoms. The Morgan fingerprint density at radius 3 is 2.71 bits per heavy atom. The maximum Gasteiger partial charge on any atom is 0.353 e.